The van der Waals surface area contributed by atoms with Crippen LogP contribution in [-0.2, 0) is 9.53 Å². The molecular weight excluding hydrogens is 302 g/mol. The molecule has 19 heavy (non-hydrogen) atoms. The highest BCUT2D eigenvalue weighted by atomic mass is 32.2. The highest BCUT2D eigenvalue weighted by Crippen LogP contribution is 2.42. The summed E-state index contributed by atoms with van der Waals surface area (Å²) in [4.78, 5) is 12.0. The second kappa shape index (κ2) is 6.43. The van der Waals surface area contributed by atoms with Crippen LogP contribution in [0.2, 0.25) is 0 Å². The summed E-state index contributed by atoms with van der Waals surface area (Å²) in [6, 6.07) is 0. The van der Waals surface area contributed by atoms with Crippen molar-refractivity contribution in [1.29, 1.82) is 0 Å². The van der Waals surface area contributed by atoms with Gasteiger partial charge in [0.1, 0.15) is 5.54 Å². The summed E-state index contributed by atoms with van der Waals surface area (Å²) in [6.45, 7) is 2.17. The van der Waals surface area contributed by atoms with Crippen LogP contribution >= 0.6 is 34.9 Å². The number of nitrogens with zero attached hydrogens (tertiary/aromatic N) is 2. The smallest absolute Gasteiger partial charge is 0.327 e. The van der Waals surface area contributed by atoms with Crippen LogP contribution in [0.3, 0.4) is 0 Å². The van der Waals surface area contributed by atoms with Crippen molar-refractivity contribution in [1.82, 2.24) is 10.2 Å². The fourth-order valence-corrected chi connectivity index (χ4v) is 4.35. The lowest BCUT2D eigenvalue weighted by Gasteiger charge is -2.26. The predicted octanol–water partition coefficient (Wildman–Crippen LogP) is 2.02. The molecule has 1 saturated carbocycles. The minimum atomic E-state index is -0.883. The number of aromatic nitrogens is 2. The Balaban J connectivity index is 1.98. The molecule has 0 radical (unpaired) electrons. The van der Waals surface area contributed by atoms with E-state index in [0.29, 0.717) is 12.4 Å². The molecule has 1 aromatic rings. The molecule has 106 valence electrons. The Kier molecular flexibility index (Phi) is 5.10. The Morgan fingerprint density at radius 3 is 2.74 bits per heavy atom. The van der Waals surface area contributed by atoms with Crippen LogP contribution in [0.4, 0.5) is 0 Å². The molecule has 1 atom stereocenters. The van der Waals surface area contributed by atoms with Crippen LogP contribution in [0, 0.1) is 5.92 Å². The van der Waals surface area contributed by atoms with Crippen molar-refractivity contribution in [3.05, 3.63) is 0 Å². The molecule has 0 bridgehead atoms. The van der Waals surface area contributed by atoms with Crippen molar-refractivity contribution in [3.8, 4) is 0 Å². The maximum atomic E-state index is 12.0. The Morgan fingerprint density at radius 2 is 2.21 bits per heavy atom. The van der Waals surface area contributed by atoms with Gasteiger partial charge in [-0.05, 0) is 31.9 Å². The first-order valence-electron chi connectivity index (χ1n) is 6.06. The molecule has 0 amide bonds. The molecule has 1 fully saturated rings. The first-order valence-corrected chi connectivity index (χ1v) is 9.09. The second-order valence-electron chi connectivity index (χ2n) is 4.36. The molecule has 8 heteroatoms. The Hall–Kier alpha value is -0.310. The average Bonchev–Trinajstić information content (AvgIpc) is 3.16. The van der Waals surface area contributed by atoms with E-state index in [1.54, 1.807) is 18.7 Å². The number of nitrogens with two attached hydrogens (primary N) is 1. The number of thioether (sulfide) groups is 2. The van der Waals surface area contributed by atoms with E-state index in [4.69, 9.17) is 10.5 Å². The van der Waals surface area contributed by atoms with Gasteiger partial charge in [-0.3, -0.25) is 4.79 Å². The first-order chi connectivity index (χ1) is 9.10. The average molecular weight is 319 g/mol. The number of carbonyl (C=O) groups is 1. The van der Waals surface area contributed by atoms with Gasteiger partial charge >= 0.3 is 5.97 Å². The molecule has 1 aliphatic carbocycles. The van der Waals surface area contributed by atoms with E-state index in [0.717, 1.165) is 21.5 Å². The van der Waals surface area contributed by atoms with Gasteiger partial charge in [0.05, 0.1) is 6.61 Å². The minimum Gasteiger partial charge on any atom is -0.465 e. The topological polar surface area (TPSA) is 78.1 Å². The number of hydrogen-bond donors (Lipinski definition) is 1. The number of rotatable bonds is 7. The summed E-state index contributed by atoms with van der Waals surface area (Å²) in [6.07, 6.45) is 3.97. The summed E-state index contributed by atoms with van der Waals surface area (Å²) in [5.41, 5.74) is 5.39. The molecule has 1 aliphatic rings. The van der Waals surface area contributed by atoms with Gasteiger partial charge < -0.3 is 10.5 Å². The normalized spacial score (nSPS) is 18.1. The van der Waals surface area contributed by atoms with E-state index in [-0.39, 0.29) is 11.9 Å². The summed E-state index contributed by atoms with van der Waals surface area (Å²) in [7, 11) is 0. The Morgan fingerprint density at radius 1 is 1.53 bits per heavy atom. The van der Waals surface area contributed by atoms with Crippen molar-refractivity contribution in [3.63, 3.8) is 0 Å². The van der Waals surface area contributed by atoms with Crippen LogP contribution in [0.15, 0.2) is 8.68 Å². The number of esters is 1. The van der Waals surface area contributed by atoms with Crippen LogP contribution in [0.5, 0.6) is 0 Å². The molecule has 0 saturated heterocycles. The molecule has 0 spiro atoms. The highest BCUT2D eigenvalue weighted by molar-refractivity contribution is 8.03. The fraction of sp³-hybridized carbons (Fsp3) is 0.727. The van der Waals surface area contributed by atoms with Crippen molar-refractivity contribution in [2.75, 3.05) is 18.6 Å². The number of hydrogen-bond acceptors (Lipinski definition) is 8. The van der Waals surface area contributed by atoms with Crippen molar-refractivity contribution >= 4 is 40.8 Å². The van der Waals surface area contributed by atoms with Gasteiger partial charge in [0, 0.05) is 5.75 Å². The minimum absolute atomic E-state index is 0.243. The van der Waals surface area contributed by atoms with E-state index >= 15 is 0 Å². The third-order valence-electron chi connectivity index (χ3n) is 2.96. The van der Waals surface area contributed by atoms with Crippen LogP contribution < -0.4 is 5.73 Å². The molecule has 1 aromatic heterocycles. The predicted molar refractivity (Wildman–Crippen MR) is 78.7 cm³/mol. The van der Waals surface area contributed by atoms with Gasteiger partial charge in [0.15, 0.2) is 8.68 Å². The lowest BCUT2D eigenvalue weighted by molar-refractivity contribution is -0.149. The zero-order valence-electron chi connectivity index (χ0n) is 10.9. The Bertz CT molecular complexity index is 450. The molecule has 0 aromatic carbocycles. The fourth-order valence-electron chi connectivity index (χ4n) is 1.73. The Labute approximate surface area is 125 Å². The number of carbonyl (C=O) groups excluding carboxylic acids is 1. The van der Waals surface area contributed by atoms with Crippen LogP contribution in [0.1, 0.15) is 19.8 Å². The molecule has 1 unspecified atom stereocenters. The third-order valence-corrected chi connectivity index (χ3v) is 6.21. The maximum absolute atomic E-state index is 12.0. The third kappa shape index (κ3) is 3.62. The summed E-state index contributed by atoms with van der Waals surface area (Å²) in [5, 5.41) is 8.11. The summed E-state index contributed by atoms with van der Waals surface area (Å²) in [5.74, 6) is 0.450. The summed E-state index contributed by atoms with van der Waals surface area (Å²) < 4.78 is 6.88. The van der Waals surface area contributed by atoms with E-state index in [1.165, 1.54) is 23.1 Å². The largest absolute Gasteiger partial charge is 0.465 e. The van der Waals surface area contributed by atoms with E-state index < -0.39 is 5.54 Å². The van der Waals surface area contributed by atoms with Crippen molar-refractivity contribution in [2.24, 2.45) is 11.7 Å². The number of ether oxygens (including phenoxy) is 1. The highest BCUT2D eigenvalue weighted by Gasteiger charge is 2.49. The lowest BCUT2D eigenvalue weighted by Crippen LogP contribution is -2.53. The summed E-state index contributed by atoms with van der Waals surface area (Å²) >= 11 is 4.58. The van der Waals surface area contributed by atoms with Gasteiger partial charge in [-0.15, -0.1) is 10.2 Å². The SMILES string of the molecule is CCOC(=O)C(N)(CSc1nnc(SC)s1)C1CC1. The standard InChI is InChI=1S/C11H17N3O2S3/c1-3-16-8(15)11(12,7-4-5-7)6-18-10-14-13-9(17-2)19-10/h7H,3-6,12H2,1-2H3. The van der Waals surface area contributed by atoms with E-state index in [2.05, 4.69) is 10.2 Å². The van der Waals surface area contributed by atoms with Gasteiger partial charge in [-0.1, -0.05) is 34.9 Å². The zero-order valence-corrected chi connectivity index (χ0v) is 13.4. The lowest BCUT2D eigenvalue weighted by atomic mass is 9.97. The van der Waals surface area contributed by atoms with Crippen molar-refractivity contribution in [2.45, 2.75) is 34.0 Å². The van der Waals surface area contributed by atoms with Gasteiger partial charge in [-0.2, -0.15) is 0 Å². The van der Waals surface area contributed by atoms with Gasteiger partial charge in [-0.25, -0.2) is 0 Å². The molecule has 5 nitrogen and oxygen atoms in total. The van der Waals surface area contributed by atoms with Crippen LogP contribution in [0.25, 0.3) is 0 Å². The van der Waals surface area contributed by atoms with E-state index in [1.807, 2.05) is 6.26 Å². The molecular formula is C11H17N3O2S3. The van der Waals surface area contributed by atoms with E-state index in [9.17, 15) is 4.79 Å². The van der Waals surface area contributed by atoms with Gasteiger partial charge in [0.2, 0.25) is 0 Å². The second-order valence-corrected chi connectivity index (χ2v) is 7.62. The monoisotopic (exact) mass is 319 g/mol. The van der Waals surface area contributed by atoms with Crippen LogP contribution in [-0.4, -0.2) is 40.3 Å². The quantitative estimate of drug-likeness (QED) is 0.608. The molecule has 2 rings (SSSR count). The molecule has 0 aliphatic heterocycles. The first kappa shape index (κ1) is 15.1. The van der Waals surface area contributed by atoms with Gasteiger partial charge in [0.25, 0.3) is 0 Å². The zero-order chi connectivity index (χ0) is 13.9. The molecule has 1 heterocycles. The van der Waals surface area contributed by atoms with Crippen molar-refractivity contribution < 1.29 is 9.53 Å². The maximum Gasteiger partial charge on any atom is 0.327 e. The molecule has 2 N–H and O–H groups in total.